The van der Waals surface area contributed by atoms with Crippen LogP contribution in [0.4, 0.5) is 0 Å². The van der Waals surface area contributed by atoms with Crippen molar-refractivity contribution >= 4 is 70.2 Å². The van der Waals surface area contributed by atoms with Crippen molar-refractivity contribution in [2.75, 3.05) is 12.4 Å². The molecule has 2 aliphatic heterocycles. The van der Waals surface area contributed by atoms with Crippen molar-refractivity contribution in [3.63, 3.8) is 0 Å². The summed E-state index contributed by atoms with van der Waals surface area (Å²) >= 11 is 19.8. The lowest BCUT2D eigenvalue weighted by Gasteiger charge is -2.42. The zero-order valence-corrected chi connectivity index (χ0v) is 17.5. The van der Waals surface area contributed by atoms with Crippen LogP contribution in [0.15, 0.2) is 5.16 Å². The van der Waals surface area contributed by atoms with Gasteiger partial charge in [-0.15, -0.1) is 16.9 Å². The number of nitrogens with zero attached hydrogens (tertiary/aromatic N) is 5. The van der Waals surface area contributed by atoms with Gasteiger partial charge in [-0.1, -0.05) is 46.6 Å². The third-order valence-electron chi connectivity index (χ3n) is 4.04. The molecule has 0 bridgehead atoms. The van der Waals surface area contributed by atoms with Crippen molar-refractivity contribution in [1.82, 2.24) is 25.1 Å². The molecule has 2 saturated heterocycles. The fraction of sp³-hybridized carbons (Fsp3) is 0.750. The Hall–Kier alpha value is -0.460. The molecule has 1 aromatic heterocycles. The van der Waals surface area contributed by atoms with Crippen LogP contribution in [0.3, 0.4) is 0 Å². The zero-order chi connectivity index (χ0) is 19.3. The molecule has 0 spiro atoms. The van der Waals surface area contributed by atoms with E-state index >= 15 is 0 Å². The summed E-state index contributed by atoms with van der Waals surface area (Å²) in [6, 6.07) is -1.49. The minimum atomic E-state index is -1.73. The van der Waals surface area contributed by atoms with E-state index in [9.17, 15) is 9.59 Å². The molecule has 4 atom stereocenters. The van der Waals surface area contributed by atoms with Crippen LogP contribution in [0.2, 0.25) is 0 Å². The van der Waals surface area contributed by atoms with E-state index in [2.05, 4.69) is 15.5 Å². The number of ether oxygens (including phenoxy) is 1. The molecule has 1 aromatic rings. The number of thioether (sulfide) groups is 2. The van der Waals surface area contributed by atoms with Gasteiger partial charge < -0.3 is 15.4 Å². The van der Waals surface area contributed by atoms with E-state index in [1.165, 1.54) is 33.1 Å². The summed E-state index contributed by atoms with van der Waals surface area (Å²) in [5.41, 5.74) is 5.88. The Morgan fingerprint density at radius 3 is 2.77 bits per heavy atom. The zero-order valence-electron chi connectivity index (χ0n) is 13.6. The SMILES string of the molecule is Cn1nnnc1SCC1(C)S[C@H]2C(N)C(=O)N2C1C(=O)OCC(Cl)(Cl)Cl. The van der Waals surface area contributed by atoms with E-state index in [1.54, 1.807) is 7.05 Å². The van der Waals surface area contributed by atoms with E-state index in [0.29, 0.717) is 10.9 Å². The Bertz CT molecular complexity index is 731. The molecule has 2 aliphatic rings. The molecule has 144 valence electrons. The van der Waals surface area contributed by atoms with E-state index in [-0.39, 0.29) is 11.3 Å². The minimum absolute atomic E-state index is 0.295. The van der Waals surface area contributed by atoms with E-state index in [1.807, 2.05) is 6.92 Å². The summed E-state index contributed by atoms with van der Waals surface area (Å²) in [6.45, 7) is 1.46. The third-order valence-corrected chi connectivity index (χ3v) is 7.56. The Morgan fingerprint density at radius 1 is 1.50 bits per heavy atom. The Kier molecular flexibility index (Phi) is 5.59. The Balaban J connectivity index is 1.78. The van der Waals surface area contributed by atoms with Gasteiger partial charge in [0.25, 0.3) is 0 Å². The number of amides is 1. The topological polar surface area (TPSA) is 116 Å². The Morgan fingerprint density at radius 2 is 2.19 bits per heavy atom. The molecule has 3 heterocycles. The number of hydrogen-bond acceptors (Lipinski definition) is 9. The van der Waals surface area contributed by atoms with Crippen LogP contribution in [0.1, 0.15) is 6.92 Å². The number of rotatable bonds is 5. The van der Waals surface area contributed by atoms with Gasteiger partial charge in [0.1, 0.15) is 24.1 Å². The number of hydrogen-bond donors (Lipinski definition) is 1. The van der Waals surface area contributed by atoms with Gasteiger partial charge >= 0.3 is 5.97 Å². The summed E-state index contributed by atoms with van der Waals surface area (Å²) < 4.78 is 4.27. The highest BCUT2D eigenvalue weighted by Crippen LogP contribution is 2.52. The molecule has 0 saturated carbocycles. The van der Waals surface area contributed by atoms with Gasteiger partial charge in [-0.25, -0.2) is 9.48 Å². The molecule has 1 amide bonds. The van der Waals surface area contributed by atoms with E-state index in [4.69, 9.17) is 45.3 Å². The first-order chi connectivity index (χ1) is 12.0. The van der Waals surface area contributed by atoms with Crippen LogP contribution in [-0.4, -0.2) is 75.3 Å². The lowest BCUT2D eigenvalue weighted by Crippen LogP contribution is -2.69. The fourth-order valence-electron chi connectivity index (χ4n) is 2.81. The average Bonchev–Trinajstić information content (AvgIpc) is 3.09. The van der Waals surface area contributed by atoms with Crippen LogP contribution >= 0.6 is 58.3 Å². The molecule has 0 aromatic carbocycles. The molecule has 14 heteroatoms. The molecule has 0 radical (unpaired) electrons. The van der Waals surface area contributed by atoms with Gasteiger partial charge in [-0.3, -0.25) is 4.79 Å². The lowest BCUT2D eigenvalue weighted by atomic mass is 9.96. The molecule has 3 unspecified atom stereocenters. The number of aryl methyl sites for hydroxylation is 1. The summed E-state index contributed by atoms with van der Waals surface area (Å²) in [5.74, 6) is -0.481. The van der Waals surface area contributed by atoms with Crippen molar-refractivity contribution in [1.29, 1.82) is 0 Å². The van der Waals surface area contributed by atoms with Gasteiger partial charge in [-0.05, 0) is 17.4 Å². The number of alkyl halides is 3. The molecular weight excluding hydrogens is 447 g/mol. The maximum Gasteiger partial charge on any atom is 0.330 e. The van der Waals surface area contributed by atoms with Crippen LogP contribution in [0.5, 0.6) is 0 Å². The minimum Gasteiger partial charge on any atom is -0.460 e. The predicted molar refractivity (Wildman–Crippen MR) is 99.2 cm³/mol. The molecule has 2 N–H and O–H groups in total. The average molecular weight is 462 g/mol. The van der Waals surface area contributed by atoms with Crippen molar-refractivity contribution in [2.45, 2.75) is 38.1 Å². The first kappa shape index (κ1) is 20.3. The van der Waals surface area contributed by atoms with Gasteiger partial charge in [0.2, 0.25) is 14.9 Å². The summed E-state index contributed by atoms with van der Waals surface area (Å²) in [5, 5.41) is 11.6. The highest BCUT2D eigenvalue weighted by Gasteiger charge is 2.64. The molecule has 26 heavy (non-hydrogen) atoms. The van der Waals surface area contributed by atoms with Crippen molar-refractivity contribution in [2.24, 2.45) is 12.8 Å². The number of carbonyl (C=O) groups excluding carboxylic acids is 2. The number of fused-ring (bicyclic) bond motifs is 1. The van der Waals surface area contributed by atoms with Crippen molar-refractivity contribution < 1.29 is 14.3 Å². The van der Waals surface area contributed by atoms with Crippen molar-refractivity contribution in [3.8, 4) is 0 Å². The second-order valence-electron chi connectivity index (χ2n) is 6.09. The second-order valence-corrected chi connectivity index (χ2v) is 11.2. The van der Waals surface area contributed by atoms with E-state index in [0.717, 1.165) is 0 Å². The molecule has 2 fully saturated rings. The number of halogens is 3. The smallest absolute Gasteiger partial charge is 0.330 e. The number of esters is 1. The fourth-order valence-corrected chi connectivity index (χ4v) is 5.80. The number of carbonyl (C=O) groups is 2. The Labute approximate surface area is 172 Å². The van der Waals surface area contributed by atoms with Gasteiger partial charge in [0, 0.05) is 12.8 Å². The predicted octanol–water partition coefficient (Wildman–Crippen LogP) is 0.585. The number of aromatic nitrogens is 4. The normalized spacial score (nSPS) is 30.9. The number of nitrogens with two attached hydrogens (primary N) is 1. The monoisotopic (exact) mass is 460 g/mol. The van der Waals surface area contributed by atoms with Gasteiger partial charge in [-0.2, -0.15) is 0 Å². The summed E-state index contributed by atoms with van der Waals surface area (Å²) in [7, 11) is 1.71. The highest BCUT2D eigenvalue weighted by molar-refractivity contribution is 8.04. The van der Waals surface area contributed by atoms with Gasteiger partial charge in [0.05, 0.1) is 4.75 Å². The van der Waals surface area contributed by atoms with Crippen LogP contribution < -0.4 is 5.73 Å². The van der Waals surface area contributed by atoms with Crippen LogP contribution in [0, 0.1) is 0 Å². The van der Waals surface area contributed by atoms with Crippen LogP contribution in [0.25, 0.3) is 0 Å². The first-order valence-corrected chi connectivity index (χ1v) is 10.4. The number of tetrazole rings is 1. The molecule has 9 nitrogen and oxygen atoms in total. The quantitative estimate of drug-likeness (QED) is 0.291. The first-order valence-electron chi connectivity index (χ1n) is 7.37. The van der Waals surface area contributed by atoms with E-state index < -0.39 is 33.2 Å². The third kappa shape index (κ3) is 3.74. The molecule has 0 aliphatic carbocycles. The highest BCUT2D eigenvalue weighted by atomic mass is 35.6. The molecular formula is C12H15Cl3N6O3S2. The maximum atomic E-state index is 12.7. The van der Waals surface area contributed by atoms with Gasteiger partial charge in [0.15, 0.2) is 0 Å². The van der Waals surface area contributed by atoms with Crippen molar-refractivity contribution in [3.05, 3.63) is 0 Å². The molecule has 3 rings (SSSR count). The summed E-state index contributed by atoms with van der Waals surface area (Å²) in [6.07, 6.45) is 0. The summed E-state index contributed by atoms with van der Waals surface area (Å²) in [4.78, 5) is 26.3. The van der Waals surface area contributed by atoms with Crippen LogP contribution in [-0.2, 0) is 21.4 Å². The lowest BCUT2D eigenvalue weighted by molar-refractivity contribution is -0.162. The standard InChI is InChI=1S/C12H15Cl3N6O3S2/c1-11(4-25-10-17-18-19-20(10)2)6(9(23)24-3-12(13,14)15)21-7(22)5(16)8(21)26-11/h5-6,8H,3-4,16H2,1-2H3/t5?,6?,8-,11?/m0/s1. The largest absolute Gasteiger partial charge is 0.460 e. The maximum absolute atomic E-state index is 12.7. The number of β-lactam (4-membered cyclic amide) rings is 1. The second kappa shape index (κ2) is 7.17.